The Kier molecular flexibility index (Phi) is 6.13. The predicted molar refractivity (Wildman–Crippen MR) is 113 cm³/mol. The number of halogens is 2. The van der Waals surface area contributed by atoms with E-state index >= 15 is 0 Å². The maximum atomic E-state index is 13.1. The first-order valence-electron chi connectivity index (χ1n) is 8.35. The number of rotatable bonds is 5. The fourth-order valence-corrected chi connectivity index (χ4v) is 3.97. The average Bonchev–Trinajstić information content (AvgIpc) is 2.63. The lowest BCUT2D eigenvalue weighted by molar-refractivity contribution is 0.103. The lowest BCUT2D eigenvalue weighted by atomic mass is 10.0. The summed E-state index contributed by atoms with van der Waals surface area (Å²) in [4.78, 5) is 22.0. The van der Waals surface area contributed by atoms with Crippen molar-refractivity contribution in [2.75, 3.05) is 4.72 Å². The van der Waals surface area contributed by atoms with Crippen LogP contribution >= 0.6 is 23.2 Å². The van der Waals surface area contributed by atoms with Crippen LogP contribution in [0, 0.1) is 20.8 Å². The zero-order valence-corrected chi connectivity index (χ0v) is 17.7. The highest BCUT2D eigenvalue weighted by Gasteiger charge is 2.21. The van der Waals surface area contributed by atoms with Crippen LogP contribution in [-0.2, 0) is 11.0 Å². The van der Waals surface area contributed by atoms with Gasteiger partial charge in [-0.05, 0) is 62.2 Å². The van der Waals surface area contributed by atoms with Gasteiger partial charge in [-0.25, -0.2) is 9.19 Å². The number of nitrogens with zero attached hydrogens (tertiary/aromatic N) is 2. The van der Waals surface area contributed by atoms with Crippen molar-refractivity contribution in [1.82, 2.24) is 9.97 Å². The van der Waals surface area contributed by atoms with Gasteiger partial charge in [-0.2, -0.15) is 0 Å². The topological polar surface area (TPSA) is 72.0 Å². The highest BCUT2D eigenvalue weighted by molar-refractivity contribution is 7.86. The number of pyridine rings is 2. The third-order valence-electron chi connectivity index (χ3n) is 4.19. The van der Waals surface area contributed by atoms with Gasteiger partial charge in [0.05, 0.1) is 15.6 Å². The molecule has 0 bridgehead atoms. The van der Waals surface area contributed by atoms with Crippen LogP contribution in [0.5, 0.6) is 0 Å². The number of carbonyl (C=O) groups is 1. The van der Waals surface area contributed by atoms with Crippen molar-refractivity contribution in [3.05, 3.63) is 80.8 Å². The molecule has 8 heteroatoms. The number of hydrogen-bond acceptors (Lipinski definition) is 4. The Labute approximate surface area is 175 Å². The fourth-order valence-electron chi connectivity index (χ4n) is 2.75. The van der Waals surface area contributed by atoms with Gasteiger partial charge in [-0.1, -0.05) is 23.2 Å². The summed E-state index contributed by atoms with van der Waals surface area (Å²) in [6.45, 7) is 5.42. The Morgan fingerprint density at radius 1 is 1.04 bits per heavy atom. The van der Waals surface area contributed by atoms with Crippen LogP contribution in [-0.4, -0.2) is 20.0 Å². The SMILES string of the molecule is Cc1cc(S(=O)Nc2cc(Cl)cnc2C(=O)c2c(C)ccnc2C)ccc1Cl. The molecule has 2 aromatic heterocycles. The number of aryl methyl sites for hydroxylation is 3. The Bertz CT molecular complexity index is 1080. The van der Waals surface area contributed by atoms with Gasteiger partial charge in [0.15, 0.2) is 0 Å². The second kappa shape index (κ2) is 8.39. The maximum absolute atomic E-state index is 13.1. The zero-order valence-electron chi connectivity index (χ0n) is 15.4. The fraction of sp³-hybridized carbons (Fsp3) is 0.150. The standard InChI is InChI=1S/C20H17Cl2N3O2S/c1-11-6-7-23-13(3)18(11)20(26)19-17(9-14(21)10-24-19)25-28(27)15-4-5-16(22)12(2)8-15/h4-10,25H,1-3H3. The summed E-state index contributed by atoms with van der Waals surface area (Å²) in [5.74, 6) is -0.313. The summed E-state index contributed by atoms with van der Waals surface area (Å²) < 4.78 is 15.6. The summed E-state index contributed by atoms with van der Waals surface area (Å²) in [5.41, 5.74) is 3.07. The third kappa shape index (κ3) is 4.24. The molecule has 0 saturated carbocycles. The Hall–Kier alpha value is -2.28. The Morgan fingerprint density at radius 3 is 2.46 bits per heavy atom. The quantitative estimate of drug-likeness (QED) is 0.569. The van der Waals surface area contributed by atoms with Gasteiger partial charge >= 0.3 is 0 Å². The van der Waals surface area contributed by atoms with Crippen molar-refractivity contribution in [2.24, 2.45) is 0 Å². The Balaban J connectivity index is 2.00. The molecule has 1 aromatic carbocycles. The van der Waals surface area contributed by atoms with Gasteiger partial charge in [0.1, 0.15) is 16.7 Å². The first-order valence-corrected chi connectivity index (χ1v) is 10.3. The van der Waals surface area contributed by atoms with Crippen LogP contribution in [0.2, 0.25) is 10.0 Å². The number of nitrogens with one attached hydrogen (secondary N) is 1. The summed E-state index contributed by atoms with van der Waals surface area (Å²) >= 11 is 12.1. The van der Waals surface area contributed by atoms with Gasteiger partial charge in [0.25, 0.3) is 0 Å². The first-order chi connectivity index (χ1) is 13.3. The van der Waals surface area contributed by atoms with Crippen molar-refractivity contribution in [3.8, 4) is 0 Å². The molecule has 1 unspecified atom stereocenters. The zero-order chi connectivity index (χ0) is 20.4. The van der Waals surface area contributed by atoms with E-state index in [4.69, 9.17) is 23.2 Å². The molecule has 0 amide bonds. The highest BCUT2D eigenvalue weighted by atomic mass is 35.5. The molecule has 3 rings (SSSR count). The van der Waals surface area contributed by atoms with E-state index in [1.54, 1.807) is 37.4 Å². The lowest BCUT2D eigenvalue weighted by Gasteiger charge is -2.13. The lowest BCUT2D eigenvalue weighted by Crippen LogP contribution is -2.14. The molecule has 1 atom stereocenters. The number of ketones is 1. The van der Waals surface area contributed by atoms with Crippen molar-refractivity contribution in [3.63, 3.8) is 0 Å². The molecular formula is C20H17Cl2N3O2S. The second-order valence-corrected chi connectivity index (χ2v) is 8.31. The number of carbonyl (C=O) groups excluding carboxylic acids is 1. The average molecular weight is 434 g/mol. The van der Waals surface area contributed by atoms with Gasteiger partial charge in [-0.15, -0.1) is 0 Å². The van der Waals surface area contributed by atoms with Crippen LogP contribution < -0.4 is 4.72 Å². The van der Waals surface area contributed by atoms with Crippen LogP contribution in [0.1, 0.15) is 32.9 Å². The van der Waals surface area contributed by atoms with Crippen LogP contribution in [0.3, 0.4) is 0 Å². The van der Waals surface area contributed by atoms with Crippen LogP contribution in [0.25, 0.3) is 0 Å². The molecule has 28 heavy (non-hydrogen) atoms. The molecule has 2 heterocycles. The van der Waals surface area contributed by atoms with Crippen molar-refractivity contribution >= 4 is 45.7 Å². The molecule has 0 saturated heterocycles. The van der Waals surface area contributed by atoms with E-state index in [1.807, 2.05) is 13.8 Å². The highest BCUT2D eigenvalue weighted by Crippen LogP contribution is 2.26. The van der Waals surface area contributed by atoms with E-state index in [-0.39, 0.29) is 17.2 Å². The molecule has 1 N–H and O–H groups in total. The van der Waals surface area contributed by atoms with E-state index in [9.17, 15) is 9.00 Å². The molecule has 5 nitrogen and oxygen atoms in total. The minimum Gasteiger partial charge on any atom is -0.299 e. The van der Waals surface area contributed by atoms with E-state index < -0.39 is 11.0 Å². The molecular weight excluding hydrogens is 417 g/mol. The van der Waals surface area contributed by atoms with Gasteiger partial charge in [-0.3, -0.25) is 14.5 Å². The van der Waals surface area contributed by atoms with Crippen LogP contribution in [0.15, 0.2) is 47.6 Å². The molecule has 144 valence electrons. The van der Waals surface area contributed by atoms with E-state index in [2.05, 4.69) is 14.7 Å². The number of hydrogen-bond donors (Lipinski definition) is 1. The van der Waals surface area contributed by atoms with Crippen molar-refractivity contribution < 1.29 is 9.00 Å². The molecule has 0 fully saturated rings. The first kappa shape index (κ1) is 20.5. The molecule has 0 radical (unpaired) electrons. The summed E-state index contributed by atoms with van der Waals surface area (Å²) in [7, 11) is -1.63. The summed E-state index contributed by atoms with van der Waals surface area (Å²) in [6, 6.07) is 8.35. The van der Waals surface area contributed by atoms with E-state index in [0.717, 1.165) is 11.1 Å². The maximum Gasteiger partial charge on any atom is 0.215 e. The minimum absolute atomic E-state index is 0.127. The van der Waals surface area contributed by atoms with E-state index in [0.29, 0.717) is 26.2 Å². The minimum atomic E-state index is -1.63. The molecule has 3 aromatic rings. The van der Waals surface area contributed by atoms with Gasteiger partial charge in [0.2, 0.25) is 5.78 Å². The smallest absolute Gasteiger partial charge is 0.215 e. The van der Waals surface area contributed by atoms with Crippen molar-refractivity contribution in [2.45, 2.75) is 25.7 Å². The number of aromatic nitrogens is 2. The predicted octanol–water partition coefficient (Wildman–Crippen LogP) is 5.07. The molecule has 0 aliphatic carbocycles. The summed E-state index contributed by atoms with van der Waals surface area (Å²) in [5, 5.41) is 0.909. The number of anilines is 1. The van der Waals surface area contributed by atoms with Gasteiger partial charge in [0, 0.05) is 28.7 Å². The van der Waals surface area contributed by atoms with Crippen LogP contribution in [0.4, 0.5) is 5.69 Å². The Morgan fingerprint density at radius 2 is 1.79 bits per heavy atom. The molecule has 0 spiro atoms. The molecule has 0 aliphatic rings. The monoisotopic (exact) mass is 433 g/mol. The number of benzene rings is 1. The molecule has 0 aliphatic heterocycles. The van der Waals surface area contributed by atoms with Gasteiger partial charge < -0.3 is 0 Å². The van der Waals surface area contributed by atoms with Crippen molar-refractivity contribution in [1.29, 1.82) is 0 Å². The third-order valence-corrected chi connectivity index (χ3v) is 5.91. The largest absolute Gasteiger partial charge is 0.299 e. The normalized spacial score (nSPS) is 11.9. The second-order valence-electron chi connectivity index (χ2n) is 6.25. The summed E-state index contributed by atoms with van der Waals surface area (Å²) in [6.07, 6.45) is 3.03. The van der Waals surface area contributed by atoms with E-state index in [1.165, 1.54) is 12.3 Å².